The van der Waals surface area contributed by atoms with Crippen LogP contribution in [0.1, 0.15) is 51.1 Å². The first-order valence-electron chi connectivity index (χ1n) is 7.26. The van der Waals surface area contributed by atoms with Crippen molar-refractivity contribution in [1.29, 1.82) is 0 Å². The molecule has 2 aromatic heterocycles. The summed E-state index contributed by atoms with van der Waals surface area (Å²) in [6, 6.07) is 0.546. The first-order valence-corrected chi connectivity index (χ1v) is 8.14. The minimum absolute atomic E-state index is 0.374. The van der Waals surface area contributed by atoms with Crippen LogP contribution >= 0.6 is 11.3 Å². The van der Waals surface area contributed by atoms with E-state index in [9.17, 15) is 0 Å². The van der Waals surface area contributed by atoms with E-state index in [1.165, 1.54) is 25.7 Å². The Morgan fingerprint density at radius 3 is 2.70 bits per heavy atom. The Labute approximate surface area is 123 Å². The number of nitrogens with one attached hydrogen (secondary N) is 1. The van der Waals surface area contributed by atoms with Crippen molar-refractivity contribution >= 4 is 17.3 Å². The molecule has 4 nitrogen and oxygen atoms in total. The Balaban J connectivity index is 1.89. The van der Waals surface area contributed by atoms with Gasteiger partial charge in [0.15, 0.2) is 0 Å². The van der Waals surface area contributed by atoms with Gasteiger partial charge in [0.2, 0.25) is 5.95 Å². The SMILES string of the molecule is CC(C)c1nc(NC2CCCC2)ncc1-c1cncs1. The average molecular weight is 288 g/mol. The average Bonchev–Trinajstić information content (AvgIpc) is 3.11. The van der Waals surface area contributed by atoms with Crippen molar-refractivity contribution in [2.24, 2.45) is 0 Å². The fraction of sp³-hybridized carbons (Fsp3) is 0.533. The highest BCUT2D eigenvalue weighted by Crippen LogP contribution is 2.30. The Bertz CT molecular complexity index is 559. The predicted molar refractivity (Wildman–Crippen MR) is 83.1 cm³/mol. The molecule has 0 aliphatic heterocycles. The second-order valence-electron chi connectivity index (χ2n) is 5.64. The summed E-state index contributed by atoms with van der Waals surface area (Å²) in [5, 5.41) is 3.47. The lowest BCUT2D eigenvalue weighted by Crippen LogP contribution is -2.17. The van der Waals surface area contributed by atoms with Gasteiger partial charge in [-0.25, -0.2) is 9.97 Å². The fourth-order valence-corrected chi connectivity index (χ4v) is 3.34. The molecule has 5 heteroatoms. The first kappa shape index (κ1) is 13.5. The summed E-state index contributed by atoms with van der Waals surface area (Å²) in [6.45, 7) is 4.35. The summed E-state index contributed by atoms with van der Waals surface area (Å²) in [6.07, 6.45) is 8.92. The summed E-state index contributed by atoms with van der Waals surface area (Å²) in [7, 11) is 0. The summed E-state index contributed by atoms with van der Waals surface area (Å²) in [5.41, 5.74) is 4.06. The fourth-order valence-electron chi connectivity index (χ4n) is 2.70. The summed E-state index contributed by atoms with van der Waals surface area (Å²) in [5.74, 6) is 1.15. The maximum absolute atomic E-state index is 4.75. The second kappa shape index (κ2) is 5.87. The molecule has 1 fully saturated rings. The third-order valence-corrected chi connectivity index (χ3v) is 4.56. The molecule has 20 heavy (non-hydrogen) atoms. The van der Waals surface area contributed by atoms with E-state index in [0.717, 1.165) is 22.1 Å². The summed E-state index contributed by atoms with van der Waals surface area (Å²) < 4.78 is 0. The van der Waals surface area contributed by atoms with Gasteiger partial charge in [-0.05, 0) is 18.8 Å². The molecule has 2 aromatic rings. The Kier molecular flexibility index (Phi) is 3.96. The molecular formula is C15H20N4S. The number of nitrogens with zero attached hydrogens (tertiary/aromatic N) is 3. The van der Waals surface area contributed by atoms with Crippen molar-refractivity contribution in [3.8, 4) is 10.4 Å². The van der Waals surface area contributed by atoms with Crippen LogP contribution in [0, 0.1) is 0 Å². The van der Waals surface area contributed by atoms with E-state index in [1.807, 2.05) is 17.9 Å². The van der Waals surface area contributed by atoms with Gasteiger partial charge in [0.25, 0.3) is 0 Å². The number of hydrogen-bond acceptors (Lipinski definition) is 5. The normalized spacial score (nSPS) is 15.9. The van der Waals surface area contributed by atoms with Gasteiger partial charge in [-0.2, -0.15) is 0 Å². The van der Waals surface area contributed by atoms with Crippen LogP contribution in [0.2, 0.25) is 0 Å². The molecule has 0 atom stereocenters. The van der Waals surface area contributed by atoms with Crippen LogP contribution in [0.3, 0.4) is 0 Å². The number of hydrogen-bond donors (Lipinski definition) is 1. The van der Waals surface area contributed by atoms with Crippen molar-refractivity contribution in [2.75, 3.05) is 5.32 Å². The Morgan fingerprint density at radius 2 is 2.05 bits per heavy atom. The van der Waals surface area contributed by atoms with Gasteiger partial charge in [0, 0.05) is 24.0 Å². The molecule has 0 aromatic carbocycles. The molecule has 106 valence electrons. The molecule has 1 N–H and O–H groups in total. The molecule has 0 unspecified atom stereocenters. The Morgan fingerprint density at radius 1 is 1.25 bits per heavy atom. The molecule has 1 aliphatic rings. The summed E-state index contributed by atoms with van der Waals surface area (Å²) >= 11 is 1.63. The largest absolute Gasteiger partial charge is 0.351 e. The monoisotopic (exact) mass is 288 g/mol. The van der Waals surface area contributed by atoms with Gasteiger partial charge < -0.3 is 5.32 Å². The maximum Gasteiger partial charge on any atom is 0.223 e. The van der Waals surface area contributed by atoms with Crippen molar-refractivity contribution < 1.29 is 0 Å². The lowest BCUT2D eigenvalue weighted by molar-refractivity contribution is 0.736. The van der Waals surface area contributed by atoms with E-state index in [2.05, 4.69) is 29.1 Å². The number of aromatic nitrogens is 3. The standard InChI is InChI=1S/C15H20N4S/c1-10(2)14-12(13-8-16-9-20-13)7-17-15(19-14)18-11-5-3-4-6-11/h7-11H,3-6H2,1-2H3,(H,17,18,19). The van der Waals surface area contributed by atoms with Crippen molar-refractivity contribution in [3.05, 3.63) is 23.6 Å². The van der Waals surface area contributed by atoms with Crippen molar-refractivity contribution in [1.82, 2.24) is 15.0 Å². The molecular weight excluding hydrogens is 268 g/mol. The molecule has 3 rings (SSSR count). The molecule has 1 saturated carbocycles. The van der Waals surface area contributed by atoms with Crippen LogP contribution in [0.5, 0.6) is 0 Å². The van der Waals surface area contributed by atoms with Crippen LogP contribution in [-0.4, -0.2) is 21.0 Å². The quantitative estimate of drug-likeness (QED) is 0.921. The third-order valence-electron chi connectivity index (χ3n) is 3.75. The van der Waals surface area contributed by atoms with Crippen LogP contribution in [0.15, 0.2) is 17.9 Å². The van der Waals surface area contributed by atoms with Crippen molar-refractivity contribution in [2.45, 2.75) is 51.5 Å². The zero-order valence-electron chi connectivity index (χ0n) is 12.0. The second-order valence-corrected chi connectivity index (χ2v) is 6.52. The molecule has 0 spiro atoms. The zero-order valence-corrected chi connectivity index (χ0v) is 12.8. The molecule has 0 bridgehead atoms. The first-order chi connectivity index (χ1) is 9.74. The highest BCUT2D eigenvalue weighted by molar-refractivity contribution is 7.13. The lowest BCUT2D eigenvalue weighted by atomic mass is 10.0. The number of anilines is 1. The number of thiazole rings is 1. The van der Waals surface area contributed by atoms with Crippen LogP contribution in [-0.2, 0) is 0 Å². The third kappa shape index (κ3) is 2.82. The summed E-state index contributed by atoms with van der Waals surface area (Å²) in [4.78, 5) is 14.5. The Hall–Kier alpha value is -1.49. The molecule has 0 radical (unpaired) electrons. The van der Waals surface area contributed by atoms with E-state index in [1.54, 1.807) is 11.3 Å². The molecule has 2 heterocycles. The molecule has 0 saturated heterocycles. The predicted octanol–water partition coefficient (Wildman–Crippen LogP) is 4.08. The van der Waals surface area contributed by atoms with Gasteiger partial charge in [-0.3, -0.25) is 4.98 Å². The van der Waals surface area contributed by atoms with E-state index in [4.69, 9.17) is 4.98 Å². The zero-order chi connectivity index (χ0) is 13.9. The van der Waals surface area contributed by atoms with Crippen LogP contribution in [0.4, 0.5) is 5.95 Å². The molecule has 1 aliphatic carbocycles. The minimum atomic E-state index is 0.374. The van der Waals surface area contributed by atoms with Gasteiger partial charge in [0.1, 0.15) is 0 Å². The van der Waals surface area contributed by atoms with Crippen LogP contribution < -0.4 is 5.32 Å². The minimum Gasteiger partial charge on any atom is -0.351 e. The van der Waals surface area contributed by atoms with Gasteiger partial charge in [-0.1, -0.05) is 26.7 Å². The highest BCUT2D eigenvalue weighted by Gasteiger charge is 2.18. The highest BCUT2D eigenvalue weighted by atomic mass is 32.1. The van der Waals surface area contributed by atoms with Crippen LogP contribution in [0.25, 0.3) is 10.4 Å². The van der Waals surface area contributed by atoms with Gasteiger partial charge >= 0.3 is 0 Å². The number of rotatable bonds is 4. The van der Waals surface area contributed by atoms with Crippen molar-refractivity contribution in [3.63, 3.8) is 0 Å². The smallest absolute Gasteiger partial charge is 0.223 e. The van der Waals surface area contributed by atoms with Gasteiger partial charge in [-0.15, -0.1) is 11.3 Å². The molecule has 0 amide bonds. The van der Waals surface area contributed by atoms with Gasteiger partial charge in [0.05, 0.1) is 16.1 Å². The van der Waals surface area contributed by atoms with E-state index in [0.29, 0.717) is 12.0 Å². The lowest BCUT2D eigenvalue weighted by Gasteiger charge is -2.15. The van der Waals surface area contributed by atoms with E-state index >= 15 is 0 Å². The topological polar surface area (TPSA) is 50.7 Å². The van der Waals surface area contributed by atoms with E-state index < -0.39 is 0 Å². The maximum atomic E-state index is 4.75. The van der Waals surface area contributed by atoms with E-state index in [-0.39, 0.29) is 0 Å².